The number of imide groups is 1. The first-order valence-electron chi connectivity index (χ1n) is 21.0. The third kappa shape index (κ3) is 6.88. The van der Waals surface area contributed by atoms with E-state index in [0.717, 1.165) is 78.9 Å². The van der Waals surface area contributed by atoms with E-state index in [0.29, 0.717) is 41.6 Å². The Hall–Kier alpha value is -6.06. The van der Waals surface area contributed by atoms with E-state index in [2.05, 4.69) is 29.8 Å². The van der Waals surface area contributed by atoms with Crippen LogP contribution in [0.5, 0.6) is 11.5 Å². The minimum atomic E-state index is -1.00. The number of nitrogens with one attached hydrogen (secondary N) is 1. The number of aromatic nitrogens is 4. The Morgan fingerprint density at radius 3 is 2.33 bits per heavy atom. The van der Waals surface area contributed by atoms with Crippen LogP contribution in [0.2, 0.25) is 0 Å². The number of piperidine rings is 1. The molecule has 308 valence electrons. The van der Waals surface area contributed by atoms with E-state index in [-0.39, 0.29) is 55.5 Å². The quantitative estimate of drug-likeness (QED) is 0.103. The highest BCUT2D eigenvalue weighted by atomic mass is 19.1. The molecule has 4 aliphatic heterocycles. The monoisotopic (exact) mass is 811 g/mol. The number of carbonyl (C=O) groups is 4. The summed E-state index contributed by atoms with van der Waals surface area (Å²) < 4.78 is 24.1. The van der Waals surface area contributed by atoms with E-state index < -0.39 is 23.8 Å². The molecular weight excluding hydrogens is 766 g/mol. The van der Waals surface area contributed by atoms with Crippen molar-refractivity contribution in [1.82, 2.24) is 34.9 Å². The third-order valence-electron chi connectivity index (χ3n) is 13.4. The first-order valence-corrected chi connectivity index (χ1v) is 21.0. The number of Topliss-reactive ketones (excluding diaryl/α,β-unsaturated/α-hetero) is 1. The van der Waals surface area contributed by atoms with Crippen molar-refractivity contribution in [2.45, 2.75) is 88.1 Å². The second kappa shape index (κ2) is 15.5. The van der Waals surface area contributed by atoms with Gasteiger partial charge >= 0.3 is 0 Å². The number of benzene rings is 3. The number of carbonyl (C=O) groups excluding carboxylic acids is 4. The minimum absolute atomic E-state index is 0.134. The van der Waals surface area contributed by atoms with Gasteiger partial charge in [-0.2, -0.15) is 5.10 Å². The number of anilines is 2. The van der Waals surface area contributed by atoms with Crippen molar-refractivity contribution in [3.63, 3.8) is 0 Å². The van der Waals surface area contributed by atoms with Gasteiger partial charge in [-0.25, -0.2) is 19.0 Å². The highest BCUT2D eigenvalue weighted by Crippen LogP contribution is 2.44. The van der Waals surface area contributed by atoms with Gasteiger partial charge in [0, 0.05) is 50.2 Å². The van der Waals surface area contributed by atoms with Crippen molar-refractivity contribution in [2.75, 3.05) is 30.3 Å². The zero-order valence-electron chi connectivity index (χ0n) is 33.1. The van der Waals surface area contributed by atoms with Crippen molar-refractivity contribution in [1.29, 1.82) is 0 Å². The number of fused-ring (bicyclic) bond motifs is 4. The minimum Gasteiger partial charge on any atom is -0.457 e. The standard InChI is InChI=1S/C45H46FN9O5/c46-35-18-28-21-54(36-16-17-39(58)50-45(36)59)42(38(57)24-56)34(28)19-37(35)52-22-30-12-13-31(23-52)53(30)20-26-6-10-29(11-7-26)55-44-40(43(47)48-25-49-44)41(51-55)27-8-14-33(15-9-27)60-32-4-2-1-3-5-32/h1-5,8-9,14-15,18-19,24-26,29-31,36,42H,6-7,10-13,16-17,20-23H2,(H2,47,48,49)(H,50,58,59). The van der Waals surface area contributed by atoms with Crippen molar-refractivity contribution < 1.29 is 28.3 Å². The first-order chi connectivity index (χ1) is 29.2. The number of ketones is 1. The summed E-state index contributed by atoms with van der Waals surface area (Å²) in [5.41, 5.74) is 10.4. The van der Waals surface area contributed by atoms with E-state index in [1.54, 1.807) is 11.0 Å². The Kier molecular flexibility index (Phi) is 9.87. The molecule has 3 saturated heterocycles. The van der Waals surface area contributed by atoms with Crippen molar-refractivity contribution in [3.8, 4) is 22.8 Å². The molecule has 1 aliphatic carbocycles. The van der Waals surface area contributed by atoms with Gasteiger partial charge in [-0.1, -0.05) is 18.2 Å². The second-order valence-electron chi connectivity index (χ2n) is 16.9. The molecule has 4 unspecified atom stereocenters. The maximum Gasteiger partial charge on any atom is 0.243 e. The van der Waals surface area contributed by atoms with Gasteiger partial charge < -0.3 is 15.4 Å². The fourth-order valence-electron chi connectivity index (χ4n) is 10.5. The van der Waals surface area contributed by atoms with E-state index in [9.17, 15) is 19.2 Å². The average molecular weight is 812 g/mol. The van der Waals surface area contributed by atoms with Crippen LogP contribution in [0.15, 0.2) is 73.1 Å². The number of rotatable bonds is 10. The Labute approximate surface area is 345 Å². The van der Waals surface area contributed by atoms with Gasteiger partial charge in [-0.05, 0) is 111 Å². The van der Waals surface area contributed by atoms with Crippen molar-refractivity contribution >= 4 is 46.4 Å². The summed E-state index contributed by atoms with van der Waals surface area (Å²) in [6.45, 7) is 2.45. The van der Waals surface area contributed by atoms with E-state index >= 15 is 4.39 Å². The number of hydrogen-bond acceptors (Lipinski definition) is 12. The molecule has 6 heterocycles. The fourth-order valence-corrected chi connectivity index (χ4v) is 10.5. The zero-order chi connectivity index (χ0) is 41.1. The van der Waals surface area contributed by atoms with Gasteiger partial charge in [0.1, 0.15) is 41.2 Å². The van der Waals surface area contributed by atoms with Crippen LogP contribution in [-0.2, 0) is 25.7 Å². The largest absolute Gasteiger partial charge is 0.457 e. The number of nitrogen functional groups attached to an aromatic ring is 1. The summed E-state index contributed by atoms with van der Waals surface area (Å²) in [4.78, 5) is 64.9. The maximum absolute atomic E-state index is 16.0. The van der Waals surface area contributed by atoms with Crippen LogP contribution in [0.25, 0.3) is 22.3 Å². The van der Waals surface area contributed by atoms with Crippen LogP contribution in [0.1, 0.15) is 74.6 Å². The Balaban J connectivity index is 0.806. The number of nitrogens with two attached hydrogens (primary N) is 1. The maximum atomic E-state index is 16.0. The number of para-hydroxylation sites is 1. The zero-order valence-corrected chi connectivity index (χ0v) is 33.1. The van der Waals surface area contributed by atoms with E-state index in [1.165, 1.54) is 12.4 Å². The number of piperazine rings is 1. The summed E-state index contributed by atoms with van der Waals surface area (Å²) in [6.07, 6.45) is 8.21. The molecule has 0 radical (unpaired) electrons. The summed E-state index contributed by atoms with van der Waals surface area (Å²) in [5.74, 6) is 0.476. The summed E-state index contributed by atoms with van der Waals surface area (Å²) in [7, 11) is 0. The number of ether oxygens (including phenoxy) is 1. The summed E-state index contributed by atoms with van der Waals surface area (Å²) in [6, 6.07) is 19.6. The third-order valence-corrected chi connectivity index (χ3v) is 13.4. The molecule has 4 fully saturated rings. The number of aldehydes is 1. The molecule has 1 saturated carbocycles. The Bertz CT molecular complexity index is 2470. The Morgan fingerprint density at radius 2 is 1.62 bits per heavy atom. The lowest BCUT2D eigenvalue weighted by Gasteiger charge is -2.44. The van der Waals surface area contributed by atoms with Gasteiger partial charge in [-0.15, -0.1) is 0 Å². The summed E-state index contributed by atoms with van der Waals surface area (Å²) in [5, 5.41) is 8.23. The van der Waals surface area contributed by atoms with Gasteiger partial charge in [0.15, 0.2) is 11.9 Å². The lowest BCUT2D eigenvalue weighted by Crippen LogP contribution is -2.55. The number of amides is 2. The molecular formula is C45H46FN9O5. The van der Waals surface area contributed by atoms with Crippen LogP contribution in [0.4, 0.5) is 15.9 Å². The van der Waals surface area contributed by atoms with Crippen molar-refractivity contribution in [3.05, 3.63) is 90.0 Å². The lowest BCUT2D eigenvalue weighted by atomic mass is 9.85. The van der Waals surface area contributed by atoms with Crippen LogP contribution < -0.4 is 20.7 Å². The molecule has 3 N–H and O–H groups in total. The number of hydrogen-bond donors (Lipinski definition) is 2. The molecule has 5 aromatic rings. The molecule has 2 amide bonds. The first kappa shape index (κ1) is 38.2. The molecule has 5 aliphatic rings. The fraction of sp³-hybridized carbons (Fsp3) is 0.400. The van der Waals surface area contributed by atoms with Gasteiger partial charge in [0.05, 0.1) is 23.2 Å². The normalized spacial score (nSPS) is 25.6. The lowest BCUT2D eigenvalue weighted by molar-refractivity contribution is -0.141. The predicted molar refractivity (Wildman–Crippen MR) is 220 cm³/mol. The number of halogens is 1. The SMILES string of the molecule is Nc1ncnc2c1c(-c1ccc(Oc3ccccc3)cc1)nn2C1CCC(CN2C3CCC2CN(c2cc4c(cc2F)CN(C2CCC(=O)NC2=O)C4C(=O)C=O)C3)CC1. The molecule has 15 heteroatoms. The van der Waals surface area contributed by atoms with Gasteiger partial charge in [0.25, 0.3) is 0 Å². The topological polar surface area (TPSA) is 169 Å². The average Bonchev–Trinajstić information content (AvgIpc) is 3.89. The van der Waals surface area contributed by atoms with E-state index in [4.69, 9.17) is 15.6 Å². The van der Waals surface area contributed by atoms with Crippen LogP contribution >= 0.6 is 0 Å². The number of nitrogens with zero attached hydrogens (tertiary/aromatic N) is 7. The second-order valence-corrected chi connectivity index (χ2v) is 16.9. The van der Waals surface area contributed by atoms with Gasteiger partial charge in [-0.3, -0.25) is 34.3 Å². The summed E-state index contributed by atoms with van der Waals surface area (Å²) >= 11 is 0. The molecule has 3 aromatic carbocycles. The highest BCUT2D eigenvalue weighted by molar-refractivity contribution is 6.27. The molecule has 2 aromatic heterocycles. The Morgan fingerprint density at radius 1 is 0.900 bits per heavy atom. The molecule has 60 heavy (non-hydrogen) atoms. The molecule has 10 rings (SSSR count). The molecule has 4 atom stereocenters. The smallest absolute Gasteiger partial charge is 0.243 e. The predicted octanol–water partition coefficient (Wildman–Crippen LogP) is 5.52. The van der Waals surface area contributed by atoms with Crippen LogP contribution in [-0.4, -0.2) is 91.2 Å². The highest BCUT2D eigenvalue weighted by Gasteiger charge is 2.46. The van der Waals surface area contributed by atoms with Crippen molar-refractivity contribution in [2.24, 2.45) is 5.92 Å². The van der Waals surface area contributed by atoms with Crippen LogP contribution in [0, 0.1) is 11.7 Å². The molecule has 2 bridgehead atoms. The molecule has 14 nitrogen and oxygen atoms in total. The van der Waals surface area contributed by atoms with Crippen LogP contribution in [0.3, 0.4) is 0 Å². The molecule has 0 spiro atoms. The van der Waals surface area contributed by atoms with E-state index in [1.807, 2.05) is 54.6 Å². The van der Waals surface area contributed by atoms with Gasteiger partial charge in [0.2, 0.25) is 17.6 Å².